The molecular formula is C16H11ClN2O. The van der Waals surface area contributed by atoms with E-state index in [1.807, 2.05) is 42.5 Å². The van der Waals surface area contributed by atoms with Crippen LogP contribution in [0.5, 0.6) is 5.75 Å². The fourth-order valence-electron chi connectivity index (χ4n) is 2.28. The number of hydrogen-bond donors (Lipinski definition) is 1. The zero-order valence-electron chi connectivity index (χ0n) is 10.8. The van der Waals surface area contributed by atoms with E-state index in [2.05, 4.69) is 11.1 Å². The van der Waals surface area contributed by atoms with E-state index in [1.54, 1.807) is 7.11 Å². The number of aromatic amines is 1. The van der Waals surface area contributed by atoms with E-state index in [4.69, 9.17) is 16.3 Å². The molecule has 0 atom stereocenters. The zero-order chi connectivity index (χ0) is 14.1. The highest BCUT2D eigenvalue weighted by atomic mass is 35.5. The first kappa shape index (κ1) is 12.6. The smallest absolute Gasteiger partial charge is 0.120 e. The van der Waals surface area contributed by atoms with Crippen molar-refractivity contribution in [3.63, 3.8) is 0 Å². The summed E-state index contributed by atoms with van der Waals surface area (Å²) in [6.45, 7) is 0. The van der Waals surface area contributed by atoms with Crippen LogP contribution in [-0.4, -0.2) is 12.1 Å². The van der Waals surface area contributed by atoms with E-state index in [-0.39, 0.29) is 0 Å². The van der Waals surface area contributed by atoms with Crippen molar-refractivity contribution in [1.29, 1.82) is 5.26 Å². The molecule has 0 radical (unpaired) electrons. The number of ether oxygens (including phenoxy) is 1. The molecular weight excluding hydrogens is 272 g/mol. The van der Waals surface area contributed by atoms with Crippen LogP contribution in [0.15, 0.2) is 42.5 Å². The van der Waals surface area contributed by atoms with E-state index in [0.29, 0.717) is 10.6 Å². The van der Waals surface area contributed by atoms with Crippen LogP contribution in [0.2, 0.25) is 5.02 Å². The number of hydrogen-bond acceptors (Lipinski definition) is 2. The summed E-state index contributed by atoms with van der Waals surface area (Å²) in [6, 6.07) is 15.3. The number of nitrogens with zero attached hydrogens (tertiary/aromatic N) is 1. The molecule has 1 aromatic heterocycles. The molecule has 98 valence electrons. The predicted molar refractivity (Wildman–Crippen MR) is 80.0 cm³/mol. The molecule has 0 amide bonds. The quantitative estimate of drug-likeness (QED) is 0.759. The number of H-pyrrole nitrogens is 1. The van der Waals surface area contributed by atoms with Crippen LogP contribution in [0, 0.1) is 11.3 Å². The summed E-state index contributed by atoms with van der Waals surface area (Å²) in [4.78, 5) is 3.27. The molecule has 0 unspecified atom stereocenters. The average Bonchev–Trinajstić information content (AvgIpc) is 2.84. The minimum absolute atomic E-state index is 0.616. The summed E-state index contributed by atoms with van der Waals surface area (Å²) in [6.07, 6.45) is 0. The van der Waals surface area contributed by atoms with Gasteiger partial charge in [-0.25, -0.2) is 0 Å². The number of nitriles is 1. The number of fused-ring (bicyclic) bond motifs is 1. The zero-order valence-corrected chi connectivity index (χ0v) is 11.5. The van der Waals surface area contributed by atoms with Gasteiger partial charge in [-0.05, 0) is 24.3 Å². The van der Waals surface area contributed by atoms with E-state index in [1.165, 1.54) is 0 Å². The lowest BCUT2D eigenvalue weighted by molar-refractivity contribution is 0.415. The molecule has 4 heteroatoms. The van der Waals surface area contributed by atoms with Gasteiger partial charge in [0.2, 0.25) is 0 Å². The Morgan fingerprint density at radius 3 is 2.75 bits per heavy atom. The highest BCUT2D eigenvalue weighted by molar-refractivity contribution is 6.30. The van der Waals surface area contributed by atoms with Crippen LogP contribution >= 0.6 is 11.6 Å². The molecule has 0 saturated carbocycles. The Bertz CT molecular complexity index is 830. The minimum Gasteiger partial charge on any atom is -0.497 e. The van der Waals surface area contributed by atoms with Gasteiger partial charge in [-0.2, -0.15) is 5.26 Å². The normalized spacial score (nSPS) is 10.4. The lowest BCUT2D eigenvalue weighted by Crippen LogP contribution is -1.81. The third-order valence-electron chi connectivity index (χ3n) is 3.23. The molecule has 2 aromatic carbocycles. The van der Waals surface area contributed by atoms with Crippen molar-refractivity contribution in [2.24, 2.45) is 0 Å². The second kappa shape index (κ2) is 4.92. The number of halogens is 1. The molecule has 20 heavy (non-hydrogen) atoms. The van der Waals surface area contributed by atoms with Gasteiger partial charge in [0, 0.05) is 22.0 Å². The maximum Gasteiger partial charge on any atom is 0.120 e. The Balaban J connectivity index is 2.28. The summed E-state index contributed by atoms with van der Waals surface area (Å²) >= 11 is 6.02. The Labute approximate surface area is 121 Å². The lowest BCUT2D eigenvalue weighted by atomic mass is 10.1. The van der Waals surface area contributed by atoms with Gasteiger partial charge in [0.05, 0.1) is 23.9 Å². The highest BCUT2D eigenvalue weighted by Gasteiger charge is 2.13. The van der Waals surface area contributed by atoms with Crippen molar-refractivity contribution in [2.45, 2.75) is 0 Å². The maximum absolute atomic E-state index is 9.43. The third kappa shape index (κ3) is 2.01. The van der Waals surface area contributed by atoms with Crippen molar-refractivity contribution in [1.82, 2.24) is 4.98 Å². The van der Waals surface area contributed by atoms with Crippen molar-refractivity contribution in [2.75, 3.05) is 7.11 Å². The maximum atomic E-state index is 9.43. The molecule has 3 nitrogen and oxygen atoms in total. The van der Waals surface area contributed by atoms with E-state index in [9.17, 15) is 5.26 Å². The SMILES string of the molecule is COc1ccc2c(C#N)c(-c3cccc(Cl)c3)[nH]c2c1. The fraction of sp³-hybridized carbons (Fsp3) is 0.0625. The van der Waals surface area contributed by atoms with Crippen LogP contribution < -0.4 is 4.74 Å². The number of methoxy groups -OCH3 is 1. The molecule has 0 aliphatic carbocycles. The van der Waals surface area contributed by atoms with Crippen LogP contribution in [0.25, 0.3) is 22.2 Å². The predicted octanol–water partition coefficient (Wildman–Crippen LogP) is 4.37. The number of nitrogens with one attached hydrogen (secondary N) is 1. The third-order valence-corrected chi connectivity index (χ3v) is 3.47. The van der Waals surface area contributed by atoms with Gasteiger partial charge in [0.25, 0.3) is 0 Å². The Morgan fingerprint density at radius 1 is 1.20 bits per heavy atom. The number of rotatable bonds is 2. The van der Waals surface area contributed by atoms with Gasteiger partial charge in [0.15, 0.2) is 0 Å². The van der Waals surface area contributed by atoms with E-state index >= 15 is 0 Å². The van der Waals surface area contributed by atoms with Crippen LogP contribution in [0.1, 0.15) is 5.56 Å². The second-order valence-corrected chi connectivity index (χ2v) is 4.85. The number of aromatic nitrogens is 1. The molecule has 1 heterocycles. The number of benzene rings is 2. The van der Waals surface area contributed by atoms with Gasteiger partial charge in [-0.3, -0.25) is 0 Å². The largest absolute Gasteiger partial charge is 0.497 e. The van der Waals surface area contributed by atoms with Crippen molar-refractivity contribution >= 4 is 22.5 Å². The first-order valence-electron chi connectivity index (χ1n) is 6.08. The highest BCUT2D eigenvalue weighted by Crippen LogP contribution is 2.32. The molecule has 0 aliphatic rings. The van der Waals surface area contributed by atoms with Crippen molar-refractivity contribution in [3.8, 4) is 23.1 Å². The summed E-state index contributed by atoms with van der Waals surface area (Å²) in [5.41, 5.74) is 3.16. The molecule has 0 aliphatic heterocycles. The van der Waals surface area contributed by atoms with Crippen LogP contribution in [0.3, 0.4) is 0 Å². The van der Waals surface area contributed by atoms with E-state index in [0.717, 1.165) is 27.9 Å². The molecule has 0 spiro atoms. The summed E-state index contributed by atoms with van der Waals surface area (Å²) in [5.74, 6) is 0.751. The molecule has 3 aromatic rings. The molecule has 0 saturated heterocycles. The van der Waals surface area contributed by atoms with Gasteiger partial charge >= 0.3 is 0 Å². The van der Waals surface area contributed by atoms with Crippen molar-refractivity contribution < 1.29 is 4.74 Å². The van der Waals surface area contributed by atoms with E-state index < -0.39 is 0 Å². The first-order chi connectivity index (χ1) is 9.72. The minimum atomic E-state index is 0.616. The Morgan fingerprint density at radius 2 is 2.05 bits per heavy atom. The standard InChI is InChI=1S/C16H11ClN2O/c1-20-12-5-6-13-14(9-18)16(19-15(13)8-12)10-3-2-4-11(17)7-10/h2-8,19H,1H3. The Kier molecular flexibility index (Phi) is 3.09. The van der Waals surface area contributed by atoms with Gasteiger partial charge < -0.3 is 9.72 Å². The lowest BCUT2D eigenvalue weighted by Gasteiger charge is -1.99. The van der Waals surface area contributed by atoms with Gasteiger partial charge in [-0.15, -0.1) is 0 Å². The van der Waals surface area contributed by atoms with Crippen LogP contribution in [0.4, 0.5) is 0 Å². The average molecular weight is 283 g/mol. The summed E-state index contributed by atoms with van der Waals surface area (Å²) in [5, 5.41) is 10.9. The first-order valence-corrected chi connectivity index (χ1v) is 6.46. The molecule has 3 rings (SSSR count). The van der Waals surface area contributed by atoms with Crippen LogP contribution in [-0.2, 0) is 0 Å². The van der Waals surface area contributed by atoms with Crippen molar-refractivity contribution in [3.05, 3.63) is 53.1 Å². The van der Waals surface area contributed by atoms with Gasteiger partial charge in [0.1, 0.15) is 11.8 Å². The van der Waals surface area contributed by atoms with Gasteiger partial charge in [-0.1, -0.05) is 23.7 Å². The molecule has 0 fully saturated rings. The fourth-order valence-corrected chi connectivity index (χ4v) is 2.47. The monoisotopic (exact) mass is 282 g/mol. The molecule has 1 N–H and O–H groups in total. The Hall–Kier alpha value is -2.44. The molecule has 0 bridgehead atoms. The summed E-state index contributed by atoms with van der Waals surface area (Å²) < 4.78 is 5.21. The topological polar surface area (TPSA) is 48.8 Å². The second-order valence-electron chi connectivity index (χ2n) is 4.41. The summed E-state index contributed by atoms with van der Waals surface area (Å²) in [7, 11) is 1.62.